The molecule has 3 rings (SSSR count). The van der Waals surface area contributed by atoms with E-state index in [9.17, 15) is 26.4 Å². The van der Waals surface area contributed by atoms with Crippen LogP contribution >= 0.6 is 0 Å². The molecule has 7 nitrogen and oxygen atoms in total. The molecule has 0 spiro atoms. The highest BCUT2D eigenvalue weighted by atomic mass is 32.2. The second kappa shape index (κ2) is 9.37. The molecule has 1 amide bonds. The van der Waals surface area contributed by atoms with E-state index in [2.05, 4.69) is 5.32 Å². The van der Waals surface area contributed by atoms with Gasteiger partial charge in [0.05, 0.1) is 23.0 Å². The van der Waals surface area contributed by atoms with Crippen LogP contribution in [0.5, 0.6) is 11.5 Å². The Balaban J connectivity index is 1.68. The van der Waals surface area contributed by atoms with E-state index in [0.29, 0.717) is 30.8 Å². The van der Waals surface area contributed by atoms with Gasteiger partial charge in [0.15, 0.2) is 11.5 Å². The third-order valence-corrected chi connectivity index (χ3v) is 6.20. The minimum absolute atomic E-state index is 0.0402. The lowest BCUT2D eigenvalue weighted by Crippen LogP contribution is -2.40. The summed E-state index contributed by atoms with van der Waals surface area (Å²) in [6.07, 6.45) is -4.68. The maximum absolute atomic E-state index is 12.9. The number of hydrogen-bond donors (Lipinski definition) is 2. The number of halogens is 3. The first-order chi connectivity index (χ1) is 15.0. The highest BCUT2D eigenvalue weighted by molar-refractivity contribution is 7.89. The van der Waals surface area contributed by atoms with Crippen molar-refractivity contribution < 1.29 is 35.9 Å². The van der Waals surface area contributed by atoms with Gasteiger partial charge in [-0.05, 0) is 41.8 Å². The topological polar surface area (TPSA) is 93.7 Å². The number of fused-ring (bicyclic) bond motifs is 1. The molecule has 2 aromatic carbocycles. The van der Waals surface area contributed by atoms with E-state index in [1.807, 2.05) is 18.6 Å². The van der Waals surface area contributed by atoms with Gasteiger partial charge in [-0.2, -0.15) is 13.2 Å². The molecule has 11 heteroatoms. The van der Waals surface area contributed by atoms with Gasteiger partial charge < -0.3 is 14.8 Å². The van der Waals surface area contributed by atoms with Gasteiger partial charge in [-0.25, -0.2) is 13.1 Å². The molecule has 1 aliphatic heterocycles. The molecule has 0 saturated heterocycles. The number of nitrogens with one attached hydrogen (secondary N) is 2. The van der Waals surface area contributed by atoms with E-state index < -0.39 is 45.2 Å². The van der Waals surface area contributed by atoms with Crippen molar-refractivity contribution in [3.8, 4) is 11.5 Å². The largest absolute Gasteiger partial charge is 0.486 e. The summed E-state index contributed by atoms with van der Waals surface area (Å²) in [6, 6.07) is 8.14. The van der Waals surface area contributed by atoms with Gasteiger partial charge in [-0.3, -0.25) is 4.79 Å². The van der Waals surface area contributed by atoms with E-state index in [-0.39, 0.29) is 5.92 Å². The summed E-state index contributed by atoms with van der Waals surface area (Å²) in [5.74, 6) is 0.484. The van der Waals surface area contributed by atoms with Gasteiger partial charge in [0.2, 0.25) is 15.9 Å². The maximum atomic E-state index is 12.9. The highest BCUT2D eigenvalue weighted by Crippen LogP contribution is 2.34. The molecule has 0 fully saturated rings. The number of alkyl halides is 3. The Morgan fingerprint density at radius 1 is 1.06 bits per heavy atom. The third-order valence-electron chi connectivity index (χ3n) is 4.80. The molecule has 0 bridgehead atoms. The number of rotatable bonds is 7. The van der Waals surface area contributed by atoms with Crippen LogP contribution in [0, 0.1) is 5.92 Å². The molecule has 1 aliphatic rings. The zero-order valence-corrected chi connectivity index (χ0v) is 18.2. The van der Waals surface area contributed by atoms with E-state index in [0.717, 1.165) is 23.8 Å². The van der Waals surface area contributed by atoms with Crippen molar-refractivity contribution in [3.05, 3.63) is 53.6 Å². The van der Waals surface area contributed by atoms with Gasteiger partial charge in [-0.15, -0.1) is 0 Å². The number of ether oxygens (including phenoxy) is 2. The molecule has 2 N–H and O–H groups in total. The molecular formula is C21H23F3N2O5S. The summed E-state index contributed by atoms with van der Waals surface area (Å²) in [4.78, 5) is 11.9. The first-order valence-electron chi connectivity index (χ1n) is 9.83. The SMILES string of the molecule is CC(C)C(NC(=O)CNS(=O)(=O)c1cccc(C(F)(F)F)c1)c1ccc2c(c1)OCCO2. The fourth-order valence-corrected chi connectivity index (χ4v) is 4.22. The number of carbonyl (C=O) groups excluding carboxylic acids is 1. The summed E-state index contributed by atoms with van der Waals surface area (Å²) in [7, 11) is -4.32. The van der Waals surface area contributed by atoms with Crippen LogP contribution in [0.15, 0.2) is 47.4 Å². The third kappa shape index (κ3) is 5.71. The highest BCUT2D eigenvalue weighted by Gasteiger charge is 2.32. The maximum Gasteiger partial charge on any atom is 0.416 e. The van der Waals surface area contributed by atoms with Crippen LogP contribution in [0.4, 0.5) is 13.2 Å². The van der Waals surface area contributed by atoms with Crippen LogP contribution in [0.25, 0.3) is 0 Å². The molecule has 2 aromatic rings. The lowest BCUT2D eigenvalue weighted by atomic mass is 9.95. The average Bonchev–Trinajstić information content (AvgIpc) is 2.75. The van der Waals surface area contributed by atoms with Gasteiger partial charge >= 0.3 is 6.18 Å². The van der Waals surface area contributed by atoms with E-state index in [1.54, 1.807) is 18.2 Å². The molecule has 1 heterocycles. The van der Waals surface area contributed by atoms with Crippen LogP contribution in [0.1, 0.15) is 31.0 Å². The summed E-state index contributed by atoms with van der Waals surface area (Å²) in [6.45, 7) is 3.99. The normalized spacial score (nSPS) is 14.8. The van der Waals surface area contributed by atoms with Crippen molar-refractivity contribution in [3.63, 3.8) is 0 Å². The number of benzene rings is 2. The Morgan fingerprint density at radius 2 is 1.75 bits per heavy atom. The minimum Gasteiger partial charge on any atom is -0.486 e. The van der Waals surface area contributed by atoms with Crippen LogP contribution in [0.3, 0.4) is 0 Å². The molecule has 174 valence electrons. The average molecular weight is 472 g/mol. The van der Waals surface area contributed by atoms with E-state index in [4.69, 9.17) is 9.47 Å². The quantitative estimate of drug-likeness (QED) is 0.645. The second-order valence-electron chi connectivity index (χ2n) is 7.54. The van der Waals surface area contributed by atoms with Gasteiger partial charge in [0, 0.05) is 0 Å². The Hall–Kier alpha value is -2.79. The van der Waals surface area contributed by atoms with Crippen molar-refractivity contribution in [1.82, 2.24) is 10.0 Å². The van der Waals surface area contributed by atoms with Crippen molar-refractivity contribution >= 4 is 15.9 Å². The first-order valence-corrected chi connectivity index (χ1v) is 11.3. The molecule has 32 heavy (non-hydrogen) atoms. The Bertz CT molecular complexity index is 1090. The number of sulfonamides is 1. The standard InChI is InChI=1S/C21H23F3N2O5S/c1-13(2)20(14-6-7-17-18(10-14)31-9-8-30-17)26-19(27)12-25-32(28,29)16-5-3-4-15(11-16)21(22,23)24/h3-7,10-11,13,20,25H,8-9,12H2,1-2H3,(H,26,27). The van der Waals surface area contributed by atoms with Crippen LogP contribution < -0.4 is 19.5 Å². The van der Waals surface area contributed by atoms with Crippen LogP contribution in [0.2, 0.25) is 0 Å². The number of amides is 1. The zero-order valence-electron chi connectivity index (χ0n) is 17.4. The van der Waals surface area contributed by atoms with Crippen molar-refractivity contribution in [2.75, 3.05) is 19.8 Å². The predicted molar refractivity (Wildman–Crippen MR) is 110 cm³/mol. The Labute approximate surface area is 184 Å². The molecule has 1 unspecified atom stereocenters. The summed E-state index contributed by atoms with van der Waals surface area (Å²) in [5, 5.41) is 2.76. The Kier molecular flexibility index (Phi) is 6.99. The summed E-state index contributed by atoms with van der Waals surface area (Å²) in [5.41, 5.74) is -0.346. The first kappa shape index (κ1) is 23.9. The van der Waals surface area contributed by atoms with Gasteiger partial charge in [0.1, 0.15) is 13.2 Å². The molecular weight excluding hydrogens is 449 g/mol. The van der Waals surface area contributed by atoms with E-state index >= 15 is 0 Å². The summed E-state index contributed by atoms with van der Waals surface area (Å²) < 4.78 is 76.4. The molecule has 0 radical (unpaired) electrons. The zero-order chi connectivity index (χ0) is 23.5. The number of hydrogen-bond acceptors (Lipinski definition) is 5. The monoisotopic (exact) mass is 472 g/mol. The lowest BCUT2D eigenvalue weighted by molar-refractivity contribution is -0.137. The number of carbonyl (C=O) groups is 1. The van der Waals surface area contributed by atoms with Crippen molar-refractivity contribution in [2.45, 2.75) is 31.0 Å². The molecule has 0 aliphatic carbocycles. The van der Waals surface area contributed by atoms with Crippen LogP contribution in [-0.4, -0.2) is 34.1 Å². The minimum atomic E-state index is -4.68. The molecule has 0 saturated carbocycles. The summed E-state index contributed by atoms with van der Waals surface area (Å²) >= 11 is 0. The van der Waals surface area contributed by atoms with Crippen molar-refractivity contribution in [2.24, 2.45) is 5.92 Å². The Morgan fingerprint density at radius 3 is 2.41 bits per heavy atom. The van der Waals surface area contributed by atoms with Crippen molar-refractivity contribution in [1.29, 1.82) is 0 Å². The lowest BCUT2D eigenvalue weighted by Gasteiger charge is -2.25. The molecule has 1 atom stereocenters. The van der Waals surface area contributed by atoms with Crippen LogP contribution in [-0.2, 0) is 21.0 Å². The van der Waals surface area contributed by atoms with Gasteiger partial charge in [0.25, 0.3) is 0 Å². The fourth-order valence-electron chi connectivity index (χ4n) is 3.20. The molecule has 0 aromatic heterocycles. The fraction of sp³-hybridized carbons (Fsp3) is 0.381. The van der Waals surface area contributed by atoms with E-state index in [1.165, 1.54) is 0 Å². The van der Waals surface area contributed by atoms with Gasteiger partial charge in [-0.1, -0.05) is 26.0 Å². The smallest absolute Gasteiger partial charge is 0.416 e. The predicted octanol–water partition coefficient (Wildman–Crippen LogP) is 3.27. The second-order valence-corrected chi connectivity index (χ2v) is 9.31.